The summed E-state index contributed by atoms with van der Waals surface area (Å²) in [7, 11) is 0. The van der Waals surface area contributed by atoms with Crippen LogP contribution in [0.5, 0.6) is 5.75 Å². The van der Waals surface area contributed by atoms with Crippen LogP contribution >= 0.6 is 0 Å². The molecule has 30 heavy (non-hydrogen) atoms. The lowest BCUT2D eigenvalue weighted by molar-refractivity contribution is 0.291. The Morgan fingerprint density at radius 1 is 1.00 bits per heavy atom. The second-order valence-electron chi connectivity index (χ2n) is 6.81. The summed E-state index contributed by atoms with van der Waals surface area (Å²) in [6.07, 6.45) is 1.64. The third-order valence-electron chi connectivity index (χ3n) is 5.12. The van der Waals surface area contributed by atoms with Crippen molar-refractivity contribution < 1.29 is 9.13 Å². The molecule has 0 aliphatic carbocycles. The summed E-state index contributed by atoms with van der Waals surface area (Å²) in [4.78, 5) is 18.0. The molecule has 0 unspecified atom stereocenters. The molecule has 0 fully saturated rings. The van der Waals surface area contributed by atoms with Crippen LogP contribution in [0.1, 0.15) is 11.3 Å². The topological polar surface area (TPSA) is 67.9 Å². The summed E-state index contributed by atoms with van der Waals surface area (Å²) in [6, 6.07) is 20.4. The Balaban J connectivity index is 1.92. The lowest BCUT2D eigenvalue weighted by atomic mass is 9.96. The van der Waals surface area contributed by atoms with Gasteiger partial charge >= 0.3 is 0 Å². The van der Waals surface area contributed by atoms with Crippen molar-refractivity contribution in [2.45, 2.75) is 6.61 Å². The van der Waals surface area contributed by atoms with Crippen molar-refractivity contribution in [3.05, 3.63) is 100 Å². The number of hydrogen-bond acceptors (Lipinski definition) is 4. The van der Waals surface area contributed by atoms with Crippen molar-refractivity contribution >= 4 is 0 Å². The van der Waals surface area contributed by atoms with E-state index < -0.39 is 11.4 Å². The molecule has 0 saturated carbocycles. The van der Waals surface area contributed by atoms with Gasteiger partial charge in [0.25, 0.3) is 5.56 Å². The van der Waals surface area contributed by atoms with Crippen LogP contribution in [0.3, 0.4) is 0 Å². The van der Waals surface area contributed by atoms with Crippen LogP contribution in [-0.4, -0.2) is 9.55 Å². The van der Waals surface area contributed by atoms with E-state index >= 15 is 0 Å². The highest BCUT2D eigenvalue weighted by molar-refractivity contribution is 5.79. The van der Waals surface area contributed by atoms with Gasteiger partial charge in [0.05, 0.1) is 23.0 Å². The molecular formula is C24H14FN3O2. The van der Waals surface area contributed by atoms with Gasteiger partial charge in [-0.25, -0.2) is 4.39 Å². The molecule has 0 amide bonds. The van der Waals surface area contributed by atoms with E-state index in [0.717, 1.165) is 0 Å². The number of aromatic nitrogens is 2. The highest BCUT2D eigenvalue weighted by Crippen LogP contribution is 2.38. The van der Waals surface area contributed by atoms with Crippen LogP contribution < -0.4 is 10.3 Å². The number of rotatable bonds is 2. The zero-order valence-corrected chi connectivity index (χ0v) is 15.7. The molecule has 0 spiro atoms. The minimum atomic E-state index is -0.528. The second-order valence-corrected chi connectivity index (χ2v) is 6.81. The molecule has 0 radical (unpaired) electrons. The van der Waals surface area contributed by atoms with E-state index in [4.69, 9.17) is 4.74 Å². The fourth-order valence-corrected chi connectivity index (χ4v) is 3.75. The number of pyridine rings is 2. The summed E-state index contributed by atoms with van der Waals surface area (Å²) in [5.74, 6) is 0.0580. The van der Waals surface area contributed by atoms with Crippen LogP contribution in [0, 0.1) is 17.1 Å². The SMILES string of the molecule is N#Cc1ccccc1-c1cc2c(n(-c3ccccc3F)c1=O)COc1cccnc1-2. The maximum absolute atomic E-state index is 14.7. The van der Waals surface area contributed by atoms with E-state index in [2.05, 4.69) is 11.1 Å². The average molecular weight is 395 g/mol. The highest BCUT2D eigenvalue weighted by Gasteiger charge is 2.26. The van der Waals surface area contributed by atoms with Gasteiger partial charge in [-0.05, 0) is 36.4 Å². The summed E-state index contributed by atoms with van der Waals surface area (Å²) in [6.45, 7) is 0.0950. The number of ether oxygens (including phenoxy) is 1. The first-order valence-electron chi connectivity index (χ1n) is 9.30. The summed E-state index contributed by atoms with van der Waals surface area (Å²) in [5, 5.41) is 9.55. The molecule has 2 aromatic carbocycles. The Hall–Kier alpha value is -4.24. The fraction of sp³-hybridized carbons (Fsp3) is 0.0417. The van der Waals surface area contributed by atoms with Gasteiger partial charge in [-0.15, -0.1) is 0 Å². The number of nitriles is 1. The highest BCUT2D eigenvalue weighted by atomic mass is 19.1. The smallest absolute Gasteiger partial charge is 0.263 e. The molecule has 0 N–H and O–H groups in total. The molecular weight excluding hydrogens is 381 g/mol. The largest absolute Gasteiger partial charge is 0.485 e. The maximum atomic E-state index is 14.7. The number of hydrogen-bond donors (Lipinski definition) is 0. The lowest BCUT2D eigenvalue weighted by Crippen LogP contribution is -2.28. The summed E-state index contributed by atoms with van der Waals surface area (Å²) >= 11 is 0. The van der Waals surface area contributed by atoms with Gasteiger partial charge < -0.3 is 4.74 Å². The van der Waals surface area contributed by atoms with E-state index in [-0.39, 0.29) is 12.3 Å². The van der Waals surface area contributed by atoms with Gasteiger partial charge in [0.15, 0.2) is 0 Å². The molecule has 1 aliphatic rings. The number of nitrogens with zero attached hydrogens (tertiary/aromatic N) is 3. The zero-order chi connectivity index (χ0) is 20.7. The standard InChI is InChI=1S/C24H14FN3O2/c25-19-8-3-4-9-20(19)28-21-14-30-22-10-5-11-27-23(22)18(21)12-17(24(28)29)16-7-2-1-6-15(16)13-26/h1-12H,14H2. The Labute approximate surface area is 171 Å². The molecule has 5 nitrogen and oxygen atoms in total. The van der Waals surface area contributed by atoms with E-state index in [0.29, 0.717) is 39.4 Å². The first kappa shape index (κ1) is 17.8. The van der Waals surface area contributed by atoms with Gasteiger partial charge in [-0.2, -0.15) is 5.26 Å². The third kappa shape index (κ3) is 2.68. The number of benzene rings is 2. The number of fused-ring (bicyclic) bond motifs is 3. The minimum absolute atomic E-state index is 0.0950. The van der Waals surface area contributed by atoms with Crippen molar-refractivity contribution in [1.82, 2.24) is 9.55 Å². The molecule has 0 atom stereocenters. The Morgan fingerprint density at radius 3 is 2.63 bits per heavy atom. The first-order chi connectivity index (χ1) is 14.7. The molecule has 3 heterocycles. The molecule has 0 saturated heterocycles. The zero-order valence-electron chi connectivity index (χ0n) is 15.7. The van der Waals surface area contributed by atoms with Gasteiger partial charge in [0.1, 0.15) is 23.9 Å². The van der Waals surface area contributed by atoms with Gasteiger partial charge in [-0.1, -0.05) is 30.3 Å². The van der Waals surface area contributed by atoms with Gasteiger partial charge in [0, 0.05) is 22.9 Å². The fourth-order valence-electron chi connectivity index (χ4n) is 3.75. The molecule has 144 valence electrons. The lowest BCUT2D eigenvalue weighted by Gasteiger charge is -2.24. The minimum Gasteiger partial charge on any atom is -0.485 e. The van der Waals surface area contributed by atoms with Crippen molar-refractivity contribution in [2.75, 3.05) is 0 Å². The molecule has 1 aliphatic heterocycles. The monoisotopic (exact) mass is 395 g/mol. The Bertz CT molecular complexity index is 1400. The number of halogens is 1. The Morgan fingerprint density at radius 2 is 1.80 bits per heavy atom. The molecule has 6 heteroatoms. The first-order valence-corrected chi connectivity index (χ1v) is 9.30. The molecule has 4 aromatic rings. The Kier molecular flexibility index (Phi) is 4.15. The predicted molar refractivity (Wildman–Crippen MR) is 110 cm³/mol. The van der Waals surface area contributed by atoms with Crippen LogP contribution in [0.15, 0.2) is 77.7 Å². The van der Waals surface area contributed by atoms with E-state index in [1.807, 2.05) is 0 Å². The quantitative estimate of drug-likeness (QED) is 0.502. The number of para-hydroxylation sites is 1. The van der Waals surface area contributed by atoms with Crippen LogP contribution in [0.25, 0.3) is 28.1 Å². The van der Waals surface area contributed by atoms with Crippen LogP contribution in [0.4, 0.5) is 4.39 Å². The van der Waals surface area contributed by atoms with Gasteiger partial charge in [-0.3, -0.25) is 14.3 Å². The van der Waals surface area contributed by atoms with Crippen LogP contribution in [-0.2, 0) is 6.61 Å². The molecule has 2 aromatic heterocycles. The van der Waals surface area contributed by atoms with E-state index in [9.17, 15) is 14.4 Å². The molecule has 0 bridgehead atoms. The van der Waals surface area contributed by atoms with Crippen molar-refractivity contribution in [3.63, 3.8) is 0 Å². The van der Waals surface area contributed by atoms with E-state index in [1.165, 1.54) is 10.6 Å². The maximum Gasteiger partial charge on any atom is 0.263 e. The summed E-state index contributed by atoms with van der Waals surface area (Å²) < 4.78 is 21.9. The third-order valence-corrected chi connectivity index (χ3v) is 5.12. The average Bonchev–Trinajstić information content (AvgIpc) is 2.79. The predicted octanol–water partition coefficient (Wildman–Crippen LogP) is 4.47. The second kappa shape index (κ2) is 6.98. The van der Waals surface area contributed by atoms with Crippen LogP contribution in [0.2, 0.25) is 0 Å². The van der Waals surface area contributed by atoms with Crippen molar-refractivity contribution in [3.8, 4) is 39.9 Å². The van der Waals surface area contributed by atoms with Gasteiger partial charge in [0.2, 0.25) is 0 Å². The van der Waals surface area contributed by atoms with Crippen molar-refractivity contribution in [2.24, 2.45) is 0 Å². The van der Waals surface area contributed by atoms with E-state index in [1.54, 1.807) is 66.9 Å². The molecule has 5 rings (SSSR count). The summed E-state index contributed by atoms with van der Waals surface area (Å²) in [5.41, 5.74) is 2.59. The normalized spacial score (nSPS) is 11.7. The van der Waals surface area contributed by atoms with Crippen molar-refractivity contribution in [1.29, 1.82) is 5.26 Å².